The van der Waals surface area contributed by atoms with E-state index in [9.17, 15) is 8.42 Å². The number of sulfonamides is 1. The molecular weight excluding hydrogens is 236 g/mol. The van der Waals surface area contributed by atoms with E-state index in [0.717, 1.165) is 24.0 Å². The molecule has 0 heterocycles. The lowest BCUT2D eigenvalue weighted by Gasteiger charge is -2.32. The Hall–Kier alpha value is -0.910. The van der Waals surface area contributed by atoms with Gasteiger partial charge < -0.3 is 5.73 Å². The average molecular weight is 254 g/mol. The van der Waals surface area contributed by atoms with Crippen LogP contribution in [0.15, 0.2) is 23.1 Å². The first-order valence-corrected chi connectivity index (χ1v) is 7.22. The highest BCUT2D eigenvalue weighted by Gasteiger charge is 2.30. The molecule has 17 heavy (non-hydrogen) atoms. The van der Waals surface area contributed by atoms with Crippen LogP contribution < -0.4 is 10.5 Å². The molecule has 2 rings (SSSR count). The van der Waals surface area contributed by atoms with E-state index in [0.29, 0.717) is 4.90 Å². The SMILES string of the molecule is Cc1ccc(S(=O)(=O)NC2CC(N)C2)c(C)c1. The predicted molar refractivity (Wildman–Crippen MR) is 67.2 cm³/mol. The Morgan fingerprint density at radius 2 is 1.94 bits per heavy atom. The summed E-state index contributed by atoms with van der Waals surface area (Å²) in [5.41, 5.74) is 7.48. The van der Waals surface area contributed by atoms with Crippen molar-refractivity contribution < 1.29 is 8.42 Å². The molecule has 1 aliphatic carbocycles. The molecule has 1 aromatic carbocycles. The second-order valence-corrected chi connectivity index (χ2v) is 6.50. The van der Waals surface area contributed by atoms with Crippen LogP contribution in [0.4, 0.5) is 0 Å². The second-order valence-electron chi connectivity index (χ2n) is 4.82. The van der Waals surface area contributed by atoms with E-state index < -0.39 is 10.0 Å². The van der Waals surface area contributed by atoms with Crippen LogP contribution in [0.5, 0.6) is 0 Å². The fourth-order valence-corrected chi connectivity index (χ4v) is 3.63. The summed E-state index contributed by atoms with van der Waals surface area (Å²) < 4.78 is 26.9. The molecule has 0 atom stereocenters. The van der Waals surface area contributed by atoms with Gasteiger partial charge in [-0.25, -0.2) is 13.1 Å². The molecule has 3 N–H and O–H groups in total. The molecule has 1 aliphatic rings. The van der Waals surface area contributed by atoms with Gasteiger partial charge in [0.05, 0.1) is 4.90 Å². The summed E-state index contributed by atoms with van der Waals surface area (Å²) in [6, 6.07) is 5.48. The van der Waals surface area contributed by atoms with Crippen LogP contribution >= 0.6 is 0 Å². The zero-order valence-corrected chi connectivity index (χ0v) is 10.9. The Morgan fingerprint density at radius 1 is 1.29 bits per heavy atom. The van der Waals surface area contributed by atoms with Crippen LogP contribution in [0.1, 0.15) is 24.0 Å². The van der Waals surface area contributed by atoms with E-state index in [1.165, 1.54) is 0 Å². The van der Waals surface area contributed by atoms with E-state index in [-0.39, 0.29) is 12.1 Å². The Labute approximate surface area is 102 Å². The summed E-state index contributed by atoms with van der Waals surface area (Å²) in [7, 11) is -3.40. The first-order chi connectivity index (χ1) is 7.88. The number of hydrogen-bond donors (Lipinski definition) is 2. The van der Waals surface area contributed by atoms with Crippen molar-refractivity contribution in [3.05, 3.63) is 29.3 Å². The third kappa shape index (κ3) is 2.68. The van der Waals surface area contributed by atoms with E-state index in [2.05, 4.69) is 4.72 Å². The molecule has 5 heteroatoms. The fourth-order valence-electron chi connectivity index (χ4n) is 2.14. The van der Waals surface area contributed by atoms with E-state index >= 15 is 0 Å². The minimum absolute atomic E-state index is 0.00398. The molecule has 0 radical (unpaired) electrons. The van der Waals surface area contributed by atoms with Crippen molar-refractivity contribution in [3.63, 3.8) is 0 Å². The van der Waals surface area contributed by atoms with Crippen LogP contribution in [-0.4, -0.2) is 20.5 Å². The van der Waals surface area contributed by atoms with Gasteiger partial charge in [-0.2, -0.15) is 0 Å². The highest BCUT2D eigenvalue weighted by Crippen LogP contribution is 2.22. The van der Waals surface area contributed by atoms with Gasteiger partial charge in [0.1, 0.15) is 0 Å². The van der Waals surface area contributed by atoms with Crippen molar-refractivity contribution in [2.75, 3.05) is 0 Å². The molecule has 4 nitrogen and oxygen atoms in total. The summed E-state index contributed by atoms with van der Waals surface area (Å²) in [6.07, 6.45) is 1.45. The minimum Gasteiger partial charge on any atom is -0.328 e. The fraction of sp³-hybridized carbons (Fsp3) is 0.500. The number of rotatable bonds is 3. The van der Waals surface area contributed by atoms with Gasteiger partial charge in [-0.3, -0.25) is 0 Å². The maximum Gasteiger partial charge on any atom is 0.241 e. The zero-order valence-electron chi connectivity index (χ0n) is 10.1. The third-order valence-electron chi connectivity index (χ3n) is 3.12. The van der Waals surface area contributed by atoms with E-state index in [1.54, 1.807) is 6.07 Å². The number of nitrogens with one attached hydrogen (secondary N) is 1. The molecule has 0 spiro atoms. The first kappa shape index (κ1) is 12.5. The standard InChI is InChI=1S/C12H18N2O2S/c1-8-3-4-12(9(2)5-8)17(15,16)14-11-6-10(13)7-11/h3-5,10-11,14H,6-7,13H2,1-2H3. The van der Waals surface area contributed by atoms with Crippen molar-refractivity contribution >= 4 is 10.0 Å². The lowest BCUT2D eigenvalue weighted by Crippen LogP contribution is -2.50. The largest absolute Gasteiger partial charge is 0.328 e. The van der Waals surface area contributed by atoms with Gasteiger partial charge in [0.25, 0.3) is 0 Å². The van der Waals surface area contributed by atoms with Gasteiger partial charge in [-0.15, -0.1) is 0 Å². The van der Waals surface area contributed by atoms with Crippen molar-refractivity contribution in [2.24, 2.45) is 5.73 Å². The van der Waals surface area contributed by atoms with Crippen LogP contribution in [0.2, 0.25) is 0 Å². The van der Waals surface area contributed by atoms with Crippen molar-refractivity contribution in [1.29, 1.82) is 0 Å². The molecule has 0 aliphatic heterocycles. The monoisotopic (exact) mass is 254 g/mol. The Kier molecular flexibility index (Phi) is 3.25. The molecule has 1 saturated carbocycles. The topological polar surface area (TPSA) is 72.2 Å². The second kappa shape index (κ2) is 4.40. The van der Waals surface area contributed by atoms with Crippen LogP contribution in [0.25, 0.3) is 0 Å². The van der Waals surface area contributed by atoms with Crippen molar-refractivity contribution in [3.8, 4) is 0 Å². The third-order valence-corrected chi connectivity index (χ3v) is 4.80. The molecular formula is C12H18N2O2S. The number of hydrogen-bond acceptors (Lipinski definition) is 3. The van der Waals surface area contributed by atoms with Gasteiger partial charge in [0.15, 0.2) is 0 Å². The molecule has 0 saturated heterocycles. The Balaban J connectivity index is 2.20. The summed E-state index contributed by atoms with van der Waals surface area (Å²) in [5, 5.41) is 0. The molecule has 0 aromatic heterocycles. The summed E-state index contributed by atoms with van der Waals surface area (Å²) in [5.74, 6) is 0. The maximum absolute atomic E-state index is 12.1. The molecule has 0 amide bonds. The average Bonchev–Trinajstić information content (AvgIpc) is 2.14. The predicted octanol–water partition coefficient (Wildman–Crippen LogP) is 1.07. The maximum atomic E-state index is 12.1. The highest BCUT2D eigenvalue weighted by molar-refractivity contribution is 7.89. The minimum atomic E-state index is -3.40. The number of benzene rings is 1. The van der Waals surface area contributed by atoms with Crippen LogP contribution in [-0.2, 0) is 10.0 Å². The lowest BCUT2D eigenvalue weighted by atomic mass is 9.89. The van der Waals surface area contributed by atoms with Gasteiger partial charge in [-0.05, 0) is 38.3 Å². The smallest absolute Gasteiger partial charge is 0.241 e. The van der Waals surface area contributed by atoms with Crippen LogP contribution in [0.3, 0.4) is 0 Å². The summed E-state index contributed by atoms with van der Waals surface area (Å²) in [4.78, 5) is 0.364. The Morgan fingerprint density at radius 3 is 2.47 bits per heavy atom. The quantitative estimate of drug-likeness (QED) is 0.847. The van der Waals surface area contributed by atoms with Crippen molar-refractivity contribution in [2.45, 2.75) is 43.7 Å². The van der Waals surface area contributed by atoms with Gasteiger partial charge in [0, 0.05) is 12.1 Å². The molecule has 0 bridgehead atoms. The molecule has 0 unspecified atom stereocenters. The summed E-state index contributed by atoms with van der Waals surface area (Å²) >= 11 is 0. The van der Waals surface area contributed by atoms with Crippen molar-refractivity contribution in [1.82, 2.24) is 4.72 Å². The van der Waals surface area contributed by atoms with Crippen LogP contribution in [0, 0.1) is 13.8 Å². The molecule has 1 fully saturated rings. The lowest BCUT2D eigenvalue weighted by molar-refractivity contribution is 0.327. The molecule has 94 valence electrons. The summed E-state index contributed by atoms with van der Waals surface area (Å²) in [6.45, 7) is 3.76. The normalized spacial score (nSPS) is 24.4. The van der Waals surface area contributed by atoms with E-state index in [1.807, 2.05) is 26.0 Å². The van der Waals surface area contributed by atoms with E-state index in [4.69, 9.17) is 5.73 Å². The highest BCUT2D eigenvalue weighted by atomic mass is 32.2. The number of nitrogens with two attached hydrogens (primary N) is 1. The Bertz CT molecular complexity index is 519. The van der Waals surface area contributed by atoms with Gasteiger partial charge >= 0.3 is 0 Å². The van der Waals surface area contributed by atoms with Gasteiger partial charge in [-0.1, -0.05) is 17.7 Å². The zero-order chi connectivity index (χ0) is 12.6. The first-order valence-electron chi connectivity index (χ1n) is 5.73. The van der Waals surface area contributed by atoms with Gasteiger partial charge in [0.2, 0.25) is 10.0 Å². The molecule has 1 aromatic rings. The number of aryl methyl sites for hydroxylation is 2.